The molecule has 0 aromatic heterocycles. The second-order valence-corrected chi connectivity index (χ2v) is 4.43. The molecule has 0 fully saturated rings. The number of carbonyl (C=O) groups excluding carboxylic acids is 2. The number of nitrogens with zero attached hydrogens (tertiary/aromatic N) is 1. The molecule has 0 aliphatic heterocycles. The number of hydrogen-bond donors (Lipinski definition) is 0. The van der Waals surface area contributed by atoms with Gasteiger partial charge in [0.05, 0.1) is 12.3 Å². The van der Waals surface area contributed by atoms with Gasteiger partial charge in [-0.3, -0.25) is 14.5 Å². The molecule has 4 nitrogen and oxygen atoms in total. The third kappa shape index (κ3) is 3.96. The van der Waals surface area contributed by atoms with E-state index < -0.39 is 5.97 Å². The number of para-hydroxylation sites is 1. The van der Waals surface area contributed by atoms with Crippen molar-refractivity contribution in [3.8, 4) is 0 Å². The number of benzene rings is 1. The van der Waals surface area contributed by atoms with Crippen LogP contribution in [0.15, 0.2) is 18.2 Å². The molecule has 1 amide bonds. The lowest BCUT2D eigenvalue weighted by Crippen LogP contribution is -2.38. The maximum Gasteiger partial charge on any atom is 0.326 e. The van der Waals surface area contributed by atoms with Crippen LogP contribution in [0.4, 0.5) is 5.69 Å². The van der Waals surface area contributed by atoms with Gasteiger partial charge in [-0.2, -0.15) is 0 Å². The SMILES string of the molecule is CCOC(=O)CN(C(=O)CCl)c1c(C)cccc1C. The molecule has 0 heterocycles. The molecule has 0 radical (unpaired) electrons. The van der Waals surface area contributed by atoms with Crippen molar-refractivity contribution in [2.45, 2.75) is 20.8 Å². The van der Waals surface area contributed by atoms with Crippen LogP contribution in [0, 0.1) is 13.8 Å². The van der Waals surface area contributed by atoms with Crippen LogP contribution in [0.5, 0.6) is 0 Å². The van der Waals surface area contributed by atoms with Crippen LogP contribution in [0.25, 0.3) is 0 Å². The topological polar surface area (TPSA) is 46.6 Å². The second-order valence-electron chi connectivity index (χ2n) is 4.16. The quantitative estimate of drug-likeness (QED) is 0.616. The fourth-order valence-electron chi connectivity index (χ4n) is 1.93. The average molecular weight is 284 g/mol. The van der Waals surface area contributed by atoms with E-state index in [1.165, 1.54) is 4.90 Å². The molecule has 104 valence electrons. The van der Waals surface area contributed by atoms with Crippen LogP contribution in [-0.4, -0.2) is 30.9 Å². The van der Waals surface area contributed by atoms with E-state index in [-0.39, 0.29) is 24.9 Å². The van der Waals surface area contributed by atoms with Crippen molar-refractivity contribution in [3.05, 3.63) is 29.3 Å². The Kier molecular flexibility index (Phi) is 5.83. The van der Waals surface area contributed by atoms with Crippen LogP contribution in [-0.2, 0) is 14.3 Å². The summed E-state index contributed by atoms with van der Waals surface area (Å²) in [6.07, 6.45) is 0. The predicted octanol–water partition coefficient (Wildman–Crippen LogP) is 2.44. The van der Waals surface area contributed by atoms with Gasteiger partial charge in [0, 0.05) is 0 Å². The van der Waals surface area contributed by atoms with Crippen LogP contribution >= 0.6 is 11.6 Å². The highest BCUT2D eigenvalue weighted by atomic mass is 35.5. The lowest BCUT2D eigenvalue weighted by molar-refractivity contribution is -0.142. The lowest BCUT2D eigenvalue weighted by atomic mass is 10.1. The van der Waals surface area contributed by atoms with Crippen molar-refractivity contribution in [3.63, 3.8) is 0 Å². The van der Waals surface area contributed by atoms with Gasteiger partial charge in [0.25, 0.3) is 0 Å². The van der Waals surface area contributed by atoms with Gasteiger partial charge in [0.15, 0.2) is 0 Å². The zero-order valence-electron chi connectivity index (χ0n) is 11.4. The van der Waals surface area contributed by atoms with Gasteiger partial charge in [0.2, 0.25) is 5.91 Å². The number of rotatable bonds is 5. The largest absolute Gasteiger partial charge is 0.465 e. The summed E-state index contributed by atoms with van der Waals surface area (Å²) in [6, 6.07) is 5.69. The van der Waals surface area contributed by atoms with E-state index in [0.29, 0.717) is 0 Å². The molecule has 0 saturated heterocycles. The summed E-state index contributed by atoms with van der Waals surface area (Å²) in [6.45, 7) is 5.67. The number of ether oxygens (including phenoxy) is 1. The summed E-state index contributed by atoms with van der Waals surface area (Å²) in [5.74, 6) is -0.927. The summed E-state index contributed by atoms with van der Waals surface area (Å²) in [5, 5.41) is 0. The molecule has 0 aliphatic rings. The third-order valence-electron chi connectivity index (χ3n) is 2.72. The molecule has 1 rings (SSSR count). The first kappa shape index (κ1) is 15.5. The van der Waals surface area contributed by atoms with Gasteiger partial charge in [-0.05, 0) is 31.9 Å². The van der Waals surface area contributed by atoms with E-state index in [2.05, 4.69) is 0 Å². The number of hydrogen-bond acceptors (Lipinski definition) is 3. The Bertz CT molecular complexity index is 454. The van der Waals surface area contributed by atoms with E-state index in [1.54, 1.807) is 6.92 Å². The van der Waals surface area contributed by atoms with E-state index in [0.717, 1.165) is 16.8 Å². The highest BCUT2D eigenvalue weighted by molar-refractivity contribution is 6.29. The first-order valence-corrected chi connectivity index (χ1v) is 6.62. The molecule has 1 aromatic carbocycles. The molecule has 0 bridgehead atoms. The van der Waals surface area contributed by atoms with Crippen molar-refractivity contribution in [2.75, 3.05) is 23.9 Å². The predicted molar refractivity (Wildman–Crippen MR) is 75.6 cm³/mol. The molecule has 0 aliphatic carbocycles. The molecular weight excluding hydrogens is 266 g/mol. The Labute approximate surface area is 118 Å². The minimum Gasteiger partial charge on any atom is -0.465 e. The van der Waals surface area contributed by atoms with Gasteiger partial charge in [-0.25, -0.2) is 0 Å². The molecule has 0 N–H and O–H groups in total. The molecule has 1 aromatic rings. The molecular formula is C14H18ClNO3. The molecule has 0 unspecified atom stereocenters. The molecule has 0 atom stereocenters. The fraction of sp³-hybridized carbons (Fsp3) is 0.429. The number of amides is 1. The van der Waals surface area contributed by atoms with Crippen molar-refractivity contribution in [1.29, 1.82) is 0 Å². The van der Waals surface area contributed by atoms with Crippen molar-refractivity contribution in [2.24, 2.45) is 0 Å². The standard InChI is InChI=1S/C14H18ClNO3/c1-4-19-13(18)9-16(12(17)8-15)14-10(2)6-5-7-11(14)3/h5-7H,4,8-9H2,1-3H3. The minimum atomic E-state index is -0.441. The summed E-state index contributed by atoms with van der Waals surface area (Å²) >= 11 is 5.62. The first-order valence-electron chi connectivity index (χ1n) is 6.09. The summed E-state index contributed by atoms with van der Waals surface area (Å²) in [5.41, 5.74) is 2.56. The second kappa shape index (κ2) is 7.14. The van der Waals surface area contributed by atoms with Crippen LogP contribution < -0.4 is 4.90 Å². The van der Waals surface area contributed by atoms with Crippen molar-refractivity contribution >= 4 is 29.2 Å². The number of esters is 1. The van der Waals surface area contributed by atoms with E-state index >= 15 is 0 Å². The van der Waals surface area contributed by atoms with Crippen LogP contribution in [0.2, 0.25) is 0 Å². The highest BCUT2D eigenvalue weighted by Gasteiger charge is 2.21. The van der Waals surface area contributed by atoms with Gasteiger partial charge in [-0.15, -0.1) is 11.6 Å². The number of halogens is 1. The van der Waals surface area contributed by atoms with Crippen molar-refractivity contribution < 1.29 is 14.3 Å². The number of aryl methyl sites for hydroxylation is 2. The normalized spacial score (nSPS) is 10.1. The van der Waals surface area contributed by atoms with E-state index in [4.69, 9.17) is 16.3 Å². The highest BCUT2D eigenvalue weighted by Crippen LogP contribution is 2.24. The van der Waals surface area contributed by atoms with Gasteiger partial charge >= 0.3 is 5.97 Å². The number of alkyl halides is 1. The molecule has 0 saturated carbocycles. The molecule has 19 heavy (non-hydrogen) atoms. The third-order valence-corrected chi connectivity index (χ3v) is 2.95. The Morgan fingerprint density at radius 1 is 1.26 bits per heavy atom. The van der Waals surface area contributed by atoms with Gasteiger partial charge in [-0.1, -0.05) is 18.2 Å². The fourth-order valence-corrected chi connectivity index (χ4v) is 2.08. The average Bonchev–Trinajstić information content (AvgIpc) is 2.36. The summed E-state index contributed by atoms with van der Waals surface area (Å²) in [4.78, 5) is 24.9. The lowest BCUT2D eigenvalue weighted by Gasteiger charge is -2.24. The molecule has 0 spiro atoms. The van der Waals surface area contributed by atoms with Gasteiger partial charge < -0.3 is 4.74 Å². The Morgan fingerprint density at radius 3 is 2.32 bits per heavy atom. The maximum atomic E-state index is 11.9. The van der Waals surface area contributed by atoms with E-state index in [1.807, 2.05) is 32.0 Å². The van der Waals surface area contributed by atoms with E-state index in [9.17, 15) is 9.59 Å². The number of carbonyl (C=O) groups is 2. The van der Waals surface area contributed by atoms with Crippen molar-refractivity contribution in [1.82, 2.24) is 0 Å². The Balaban J connectivity index is 3.10. The first-order chi connectivity index (χ1) is 9.01. The van der Waals surface area contributed by atoms with Crippen LogP contribution in [0.1, 0.15) is 18.1 Å². The zero-order valence-corrected chi connectivity index (χ0v) is 12.2. The summed E-state index contributed by atoms with van der Waals surface area (Å²) < 4.78 is 4.89. The summed E-state index contributed by atoms with van der Waals surface area (Å²) in [7, 11) is 0. The zero-order chi connectivity index (χ0) is 14.4. The van der Waals surface area contributed by atoms with Crippen LogP contribution in [0.3, 0.4) is 0 Å². The maximum absolute atomic E-state index is 11.9. The Hall–Kier alpha value is -1.55. The smallest absolute Gasteiger partial charge is 0.326 e. The monoisotopic (exact) mass is 283 g/mol. The minimum absolute atomic E-state index is 0.120. The Morgan fingerprint density at radius 2 is 1.84 bits per heavy atom. The molecule has 5 heteroatoms. The van der Waals surface area contributed by atoms with Gasteiger partial charge in [0.1, 0.15) is 12.4 Å². The number of anilines is 1.